The lowest BCUT2D eigenvalue weighted by atomic mass is 10.1. The van der Waals surface area contributed by atoms with Gasteiger partial charge in [-0.2, -0.15) is 0 Å². The van der Waals surface area contributed by atoms with Crippen LogP contribution in [0.2, 0.25) is 0 Å². The molecular weight excluding hydrogens is 274 g/mol. The Bertz CT molecular complexity index is 529. The van der Waals surface area contributed by atoms with E-state index in [1.54, 1.807) is 25.3 Å². The van der Waals surface area contributed by atoms with Crippen LogP contribution in [0.15, 0.2) is 12.3 Å². The number of aliphatic hydroxyl groups is 1. The van der Waals surface area contributed by atoms with E-state index < -0.39 is 10.5 Å². The average Bonchev–Trinajstić information content (AvgIpc) is 2.79. The van der Waals surface area contributed by atoms with E-state index >= 15 is 0 Å². The minimum absolute atomic E-state index is 0.0708. The maximum absolute atomic E-state index is 12.6. The molecule has 0 radical (unpaired) electrons. The minimum Gasteiger partial charge on any atom is -0.389 e. The smallest absolute Gasteiger partial charge is 0.287 e. The summed E-state index contributed by atoms with van der Waals surface area (Å²) in [6, 6.07) is 1.22. The SMILES string of the molecule is CCN(CC(C)(C)O)C(=O)c1cc([N+](=O)[O-])cn1C(C)C. The second kappa shape index (κ2) is 6.26. The fourth-order valence-electron chi connectivity index (χ4n) is 2.12. The summed E-state index contributed by atoms with van der Waals surface area (Å²) >= 11 is 0. The zero-order chi connectivity index (χ0) is 16.4. The van der Waals surface area contributed by atoms with E-state index in [9.17, 15) is 20.0 Å². The Labute approximate surface area is 124 Å². The number of aromatic nitrogens is 1. The van der Waals surface area contributed by atoms with Crippen LogP contribution in [0.5, 0.6) is 0 Å². The monoisotopic (exact) mass is 297 g/mol. The molecule has 1 N–H and O–H groups in total. The van der Waals surface area contributed by atoms with E-state index in [-0.39, 0.29) is 29.9 Å². The van der Waals surface area contributed by atoms with Crippen molar-refractivity contribution in [3.63, 3.8) is 0 Å². The van der Waals surface area contributed by atoms with Crippen LogP contribution in [0.3, 0.4) is 0 Å². The molecule has 118 valence electrons. The van der Waals surface area contributed by atoms with Crippen molar-refractivity contribution in [3.8, 4) is 0 Å². The summed E-state index contributed by atoms with van der Waals surface area (Å²) in [7, 11) is 0. The van der Waals surface area contributed by atoms with Crippen LogP contribution in [0.25, 0.3) is 0 Å². The summed E-state index contributed by atoms with van der Waals surface area (Å²) in [5.74, 6) is -0.318. The molecule has 1 rings (SSSR count). The fraction of sp³-hybridized carbons (Fsp3) is 0.643. The largest absolute Gasteiger partial charge is 0.389 e. The molecule has 21 heavy (non-hydrogen) atoms. The van der Waals surface area contributed by atoms with Crippen LogP contribution in [-0.4, -0.2) is 44.1 Å². The standard InChI is InChI=1S/C14H23N3O4/c1-6-15(9-14(4,5)19)13(18)12-7-11(17(20)21)8-16(12)10(2)3/h7-8,10,19H,6,9H2,1-5H3. The molecule has 0 aliphatic heterocycles. The van der Waals surface area contributed by atoms with Crippen molar-refractivity contribution in [2.45, 2.75) is 46.3 Å². The molecule has 0 saturated heterocycles. The van der Waals surface area contributed by atoms with Crippen molar-refractivity contribution in [2.24, 2.45) is 0 Å². The molecule has 7 nitrogen and oxygen atoms in total. The number of nitrogens with zero attached hydrogens (tertiary/aromatic N) is 3. The highest BCUT2D eigenvalue weighted by atomic mass is 16.6. The van der Waals surface area contributed by atoms with Crippen molar-refractivity contribution in [1.82, 2.24) is 9.47 Å². The Morgan fingerprint density at radius 1 is 1.52 bits per heavy atom. The van der Waals surface area contributed by atoms with E-state index in [0.717, 1.165) is 0 Å². The van der Waals surface area contributed by atoms with Crippen LogP contribution in [-0.2, 0) is 0 Å². The number of hydrogen-bond donors (Lipinski definition) is 1. The Morgan fingerprint density at radius 3 is 2.48 bits per heavy atom. The summed E-state index contributed by atoms with van der Waals surface area (Å²) in [6.45, 7) is 9.33. The number of carbonyl (C=O) groups is 1. The van der Waals surface area contributed by atoms with E-state index in [2.05, 4.69) is 0 Å². The normalized spacial score (nSPS) is 11.8. The van der Waals surface area contributed by atoms with Gasteiger partial charge in [0, 0.05) is 25.2 Å². The topological polar surface area (TPSA) is 88.6 Å². The van der Waals surface area contributed by atoms with E-state index in [0.29, 0.717) is 6.54 Å². The lowest BCUT2D eigenvalue weighted by molar-refractivity contribution is -0.384. The lowest BCUT2D eigenvalue weighted by Gasteiger charge is -2.28. The Hall–Kier alpha value is -1.89. The van der Waals surface area contributed by atoms with Crippen LogP contribution < -0.4 is 0 Å². The number of hydrogen-bond acceptors (Lipinski definition) is 4. The van der Waals surface area contributed by atoms with Crippen molar-refractivity contribution in [3.05, 3.63) is 28.1 Å². The number of amides is 1. The maximum Gasteiger partial charge on any atom is 0.287 e. The van der Waals surface area contributed by atoms with E-state index in [1.807, 2.05) is 13.8 Å². The molecule has 0 saturated carbocycles. The van der Waals surface area contributed by atoms with Gasteiger partial charge in [-0.25, -0.2) is 0 Å². The van der Waals surface area contributed by atoms with Crippen molar-refractivity contribution in [1.29, 1.82) is 0 Å². The van der Waals surface area contributed by atoms with Crippen LogP contribution in [0.1, 0.15) is 51.1 Å². The molecule has 1 aromatic heterocycles. The van der Waals surface area contributed by atoms with Gasteiger partial charge in [-0.05, 0) is 34.6 Å². The predicted octanol–water partition coefficient (Wildman–Crippen LogP) is 2.21. The predicted molar refractivity (Wildman–Crippen MR) is 79.3 cm³/mol. The molecule has 7 heteroatoms. The van der Waals surface area contributed by atoms with Gasteiger partial charge in [-0.1, -0.05) is 0 Å². The maximum atomic E-state index is 12.6. The molecule has 0 unspecified atom stereocenters. The second-order valence-electron chi connectivity index (χ2n) is 5.97. The molecule has 0 bridgehead atoms. The van der Waals surface area contributed by atoms with Gasteiger partial charge in [0.1, 0.15) is 5.69 Å². The van der Waals surface area contributed by atoms with Crippen LogP contribution in [0, 0.1) is 10.1 Å². The van der Waals surface area contributed by atoms with Gasteiger partial charge in [0.25, 0.3) is 11.6 Å². The molecule has 0 fully saturated rings. The molecule has 0 spiro atoms. The average molecular weight is 297 g/mol. The van der Waals surface area contributed by atoms with Gasteiger partial charge in [-0.15, -0.1) is 0 Å². The zero-order valence-electron chi connectivity index (χ0n) is 13.2. The third-order valence-electron chi connectivity index (χ3n) is 3.07. The molecule has 1 heterocycles. The highest BCUT2D eigenvalue weighted by Gasteiger charge is 2.27. The van der Waals surface area contributed by atoms with Gasteiger partial charge in [-0.3, -0.25) is 14.9 Å². The van der Waals surface area contributed by atoms with E-state index in [1.165, 1.54) is 17.2 Å². The van der Waals surface area contributed by atoms with Crippen molar-refractivity contribution >= 4 is 11.6 Å². The van der Waals surface area contributed by atoms with Gasteiger partial charge in [0.15, 0.2) is 0 Å². The first kappa shape index (κ1) is 17.2. The highest BCUT2D eigenvalue weighted by Crippen LogP contribution is 2.22. The second-order valence-corrected chi connectivity index (χ2v) is 5.97. The Balaban J connectivity index is 3.18. The third kappa shape index (κ3) is 4.29. The van der Waals surface area contributed by atoms with Crippen molar-refractivity contribution in [2.75, 3.05) is 13.1 Å². The molecule has 0 atom stereocenters. The third-order valence-corrected chi connectivity index (χ3v) is 3.07. The summed E-state index contributed by atoms with van der Waals surface area (Å²) in [5.41, 5.74) is -0.860. The van der Waals surface area contributed by atoms with Crippen LogP contribution >= 0.6 is 0 Å². The number of rotatable bonds is 6. The zero-order valence-corrected chi connectivity index (χ0v) is 13.2. The first-order valence-corrected chi connectivity index (χ1v) is 6.94. The number of carbonyl (C=O) groups excluding carboxylic acids is 1. The first-order valence-electron chi connectivity index (χ1n) is 6.94. The summed E-state index contributed by atoms with van der Waals surface area (Å²) in [4.78, 5) is 24.5. The van der Waals surface area contributed by atoms with Crippen LogP contribution in [0.4, 0.5) is 5.69 Å². The van der Waals surface area contributed by atoms with E-state index in [4.69, 9.17) is 0 Å². The lowest BCUT2D eigenvalue weighted by Crippen LogP contribution is -2.42. The number of likely N-dealkylation sites (N-methyl/N-ethyl adjacent to an activating group) is 1. The summed E-state index contributed by atoms with van der Waals surface area (Å²) in [5, 5.41) is 20.8. The van der Waals surface area contributed by atoms with Crippen molar-refractivity contribution < 1.29 is 14.8 Å². The molecular formula is C14H23N3O4. The summed E-state index contributed by atoms with van der Waals surface area (Å²) in [6.07, 6.45) is 1.37. The molecule has 1 aromatic rings. The molecule has 0 aliphatic rings. The summed E-state index contributed by atoms with van der Waals surface area (Å²) < 4.78 is 1.59. The van der Waals surface area contributed by atoms with Gasteiger partial charge >= 0.3 is 0 Å². The van der Waals surface area contributed by atoms with Gasteiger partial charge in [0.2, 0.25) is 0 Å². The molecule has 0 aliphatic carbocycles. The first-order chi connectivity index (χ1) is 9.56. The van der Waals surface area contributed by atoms with Gasteiger partial charge in [0.05, 0.1) is 16.7 Å². The highest BCUT2D eigenvalue weighted by molar-refractivity contribution is 5.93. The quantitative estimate of drug-likeness (QED) is 0.644. The van der Waals surface area contributed by atoms with Gasteiger partial charge < -0.3 is 14.6 Å². The Kier molecular flexibility index (Phi) is 5.11. The minimum atomic E-state index is -1.02. The number of nitro groups is 1. The molecule has 1 amide bonds. The molecule has 0 aromatic carbocycles. The fourth-order valence-corrected chi connectivity index (χ4v) is 2.12. The Morgan fingerprint density at radius 2 is 2.10 bits per heavy atom.